The molecular weight excluding hydrogens is 359 g/mol. The maximum absolute atomic E-state index is 13.4. The molecule has 2 aromatic carbocycles. The number of methoxy groups -OCH3 is 1. The van der Waals surface area contributed by atoms with E-state index in [0.29, 0.717) is 23.9 Å². The lowest BCUT2D eigenvalue weighted by Crippen LogP contribution is -2.35. The van der Waals surface area contributed by atoms with Gasteiger partial charge in [-0.05, 0) is 62.4 Å². The summed E-state index contributed by atoms with van der Waals surface area (Å²) in [5.41, 5.74) is 2.74. The van der Waals surface area contributed by atoms with E-state index in [1.165, 1.54) is 12.1 Å². The van der Waals surface area contributed by atoms with Crippen molar-refractivity contribution in [2.24, 2.45) is 0 Å². The molecule has 0 amide bonds. The summed E-state index contributed by atoms with van der Waals surface area (Å²) in [6.45, 7) is 4.39. The standard InChI is InChI=1S/C21H23FN4O2/c1-14(2)26(12-13-27)21-23-19(15-6-10-18(28-3)11-7-15)20(24-25-21)16-4-8-17(22)9-5-16/h4-11,14,27H,12-13H2,1-3H3. The highest BCUT2D eigenvalue weighted by Gasteiger charge is 2.19. The molecule has 0 saturated heterocycles. The molecular formula is C21H23FN4O2. The summed E-state index contributed by atoms with van der Waals surface area (Å²) in [6, 6.07) is 13.7. The summed E-state index contributed by atoms with van der Waals surface area (Å²) in [7, 11) is 1.61. The maximum Gasteiger partial charge on any atom is 0.246 e. The first-order valence-corrected chi connectivity index (χ1v) is 9.06. The monoisotopic (exact) mass is 382 g/mol. The number of hydrogen-bond acceptors (Lipinski definition) is 6. The van der Waals surface area contributed by atoms with E-state index in [9.17, 15) is 9.50 Å². The van der Waals surface area contributed by atoms with Crippen molar-refractivity contribution in [2.45, 2.75) is 19.9 Å². The number of hydrogen-bond donors (Lipinski definition) is 1. The molecule has 0 radical (unpaired) electrons. The van der Waals surface area contributed by atoms with E-state index in [-0.39, 0.29) is 18.5 Å². The van der Waals surface area contributed by atoms with Crippen LogP contribution < -0.4 is 9.64 Å². The van der Waals surface area contributed by atoms with Crippen LogP contribution in [0.25, 0.3) is 22.5 Å². The zero-order valence-corrected chi connectivity index (χ0v) is 16.1. The van der Waals surface area contributed by atoms with Crippen molar-refractivity contribution in [3.05, 3.63) is 54.3 Å². The molecule has 0 spiro atoms. The Hall–Kier alpha value is -3.06. The molecule has 3 rings (SSSR count). The third kappa shape index (κ3) is 4.26. The Morgan fingerprint density at radius 1 is 0.964 bits per heavy atom. The quantitative estimate of drug-likeness (QED) is 0.674. The van der Waals surface area contributed by atoms with Gasteiger partial charge in [-0.25, -0.2) is 9.37 Å². The lowest BCUT2D eigenvalue weighted by molar-refractivity contribution is 0.298. The number of anilines is 1. The molecule has 1 heterocycles. The summed E-state index contributed by atoms with van der Waals surface area (Å²) >= 11 is 0. The Kier molecular flexibility index (Phi) is 6.16. The molecule has 0 unspecified atom stereocenters. The SMILES string of the molecule is COc1ccc(-c2nc(N(CCO)C(C)C)nnc2-c2ccc(F)cc2)cc1. The summed E-state index contributed by atoms with van der Waals surface area (Å²) in [5, 5.41) is 18.0. The lowest BCUT2D eigenvalue weighted by Gasteiger charge is -2.26. The van der Waals surface area contributed by atoms with Crippen molar-refractivity contribution in [3.8, 4) is 28.3 Å². The molecule has 1 aromatic heterocycles. The molecule has 0 atom stereocenters. The number of halogens is 1. The van der Waals surface area contributed by atoms with Gasteiger partial charge in [-0.15, -0.1) is 10.2 Å². The predicted molar refractivity (Wildman–Crippen MR) is 107 cm³/mol. The highest BCUT2D eigenvalue weighted by Crippen LogP contribution is 2.31. The average molecular weight is 382 g/mol. The van der Waals surface area contributed by atoms with E-state index in [2.05, 4.69) is 10.2 Å². The maximum atomic E-state index is 13.4. The molecule has 0 saturated carbocycles. The summed E-state index contributed by atoms with van der Waals surface area (Å²) in [5.74, 6) is 0.848. The first-order valence-electron chi connectivity index (χ1n) is 9.06. The third-order valence-electron chi connectivity index (χ3n) is 4.38. The Labute approximate surface area is 163 Å². The Morgan fingerprint density at radius 3 is 2.14 bits per heavy atom. The smallest absolute Gasteiger partial charge is 0.246 e. The van der Waals surface area contributed by atoms with Crippen molar-refractivity contribution in [3.63, 3.8) is 0 Å². The van der Waals surface area contributed by atoms with Gasteiger partial charge in [0.25, 0.3) is 0 Å². The van der Waals surface area contributed by atoms with E-state index < -0.39 is 0 Å². The van der Waals surface area contributed by atoms with Crippen molar-refractivity contribution in [1.82, 2.24) is 15.2 Å². The van der Waals surface area contributed by atoms with Crippen molar-refractivity contribution < 1.29 is 14.2 Å². The number of ether oxygens (including phenoxy) is 1. The molecule has 6 nitrogen and oxygen atoms in total. The first kappa shape index (κ1) is 19.7. The van der Waals surface area contributed by atoms with Crippen molar-refractivity contribution in [2.75, 3.05) is 25.2 Å². The Balaban J connectivity index is 2.14. The topological polar surface area (TPSA) is 71.4 Å². The molecule has 3 aromatic rings. The van der Waals surface area contributed by atoms with Crippen LogP contribution in [0.5, 0.6) is 5.75 Å². The molecule has 146 valence electrons. The van der Waals surface area contributed by atoms with E-state index in [4.69, 9.17) is 9.72 Å². The Morgan fingerprint density at radius 2 is 1.57 bits per heavy atom. The number of aromatic nitrogens is 3. The number of benzene rings is 2. The van der Waals surface area contributed by atoms with Gasteiger partial charge in [0.1, 0.15) is 23.0 Å². The normalized spacial score (nSPS) is 10.9. The van der Waals surface area contributed by atoms with Gasteiger partial charge >= 0.3 is 0 Å². The van der Waals surface area contributed by atoms with E-state index in [1.807, 2.05) is 43.0 Å². The molecule has 0 aliphatic heterocycles. The second-order valence-electron chi connectivity index (χ2n) is 6.56. The first-order chi connectivity index (χ1) is 13.5. The molecule has 7 heteroatoms. The summed E-state index contributed by atoms with van der Waals surface area (Å²) in [4.78, 5) is 6.63. The van der Waals surface area contributed by atoms with Gasteiger partial charge in [-0.2, -0.15) is 0 Å². The molecule has 0 bridgehead atoms. The minimum Gasteiger partial charge on any atom is -0.497 e. The van der Waals surface area contributed by atoms with Gasteiger partial charge in [-0.1, -0.05) is 0 Å². The summed E-state index contributed by atoms with van der Waals surface area (Å²) < 4.78 is 18.6. The second kappa shape index (κ2) is 8.75. The van der Waals surface area contributed by atoms with Crippen molar-refractivity contribution in [1.29, 1.82) is 0 Å². The van der Waals surface area contributed by atoms with Gasteiger partial charge in [0.15, 0.2) is 0 Å². The molecule has 0 fully saturated rings. The van der Waals surface area contributed by atoms with Crippen LogP contribution in [0.2, 0.25) is 0 Å². The van der Waals surface area contributed by atoms with Crippen LogP contribution >= 0.6 is 0 Å². The molecule has 0 aliphatic rings. The minimum atomic E-state index is -0.318. The number of rotatable bonds is 7. The average Bonchev–Trinajstić information content (AvgIpc) is 2.72. The fraction of sp³-hybridized carbons (Fsp3) is 0.286. The fourth-order valence-corrected chi connectivity index (χ4v) is 2.89. The zero-order valence-electron chi connectivity index (χ0n) is 16.1. The van der Waals surface area contributed by atoms with Crippen LogP contribution in [0, 0.1) is 5.82 Å². The number of aliphatic hydroxyl groups excluding tert-OH is 1. The van der Waals surface area contributed by atoms with Gasteiger partial charge in [-0.3, -0.25) is 0 Å². The van der Waals surface area contributed by atoms with Crippen LogP contribution in [-0.4, -0.2) is 46.6 Å². The lowest BCUT2D eigenvalue weighted by atomic mass is 10.0. The van der Waals surface area contributed by atoms with E-state index >= 15 is 0 Å². The zero-order chi connectivity index (χ0) is 20.1. The summed E-state index contributed by atoms with van der Waals surface area (Å²) in [6.07, 6.45) is 0. The molecule has 1 N–H and O–H groups in total. The van der Waals surface area contributed by atoms with Gasteiger partial charge < -0.3 is 14.7 Å². The van der Waals surface area contributed by atoms with Crippen LogP contribution in [0.4, 0.5) is 10.3 Å². The molecule has 28 heavy (non-hydrogen) atoms. The van der Waals surface area contributed by atoms with Gasteiger partial charge in [0.05, 0.1) is 13.7 Å². The van der Waals surface area contributed by atoms with E-state index in [0.717, 1.165) is 16.9 Å². The number of nitrogens with zero attached hydrogens (tertiary/aromatic N) is 4. The van der Waals surface area contributed by atoms with Gasteiger partial charge in [0, 0.05) is 23.7 Å². The van der Waals surface area contributed by atoms with Crippen LogP contribution in [0.15, 0.2) is 48.5 Å². The highest BCUT2D eigenvalue weighted by molar-refractivity contribution is 5.78. The molecule has 0 aliphatic carbocycles. The highest BCUT2D eigenvalue weighted by atomic mass is 19.1. The second-order valence-corrected chi connectivity index (χ2v) is 6.56. The van der Waals surface area contributed by atoms with Gasteiger partial charge in [0.2, 0.25) is 5.95 Å². The van der Waals surface area contributed by atoms with Crippen molar-refractivity contribution >= 4 is 5.95 Å². The van der Waals surface area contributed by atoms with E-state index in [1.54, 1.807) is 19.2 Å². The van der Waals surface area contributed by atoms with Crippen LogP contribution in [-0.2, 0) is 0 Å². The third-order valence-corrected chi connectivity index (χ3v) is 4.38. The number of aliphatic hydroxyl groups is 1. The van der Waals surface area contributed by atoms with Crippen LogP contribution in [0.1, 0.15) is 13.8 Å². The minimum absolute atomic E-state index is 0.0148. The fourth-order valence-electron chi connectivity index (χ4n) is 2.89. The largest absolute Gasteiger partial charge is 0.497 e. The van der Waals surface area contributed by atoms with Crippen LogP contribution in [0.3, 0.4) is 0 Å². The predicted octanol–water partition coefficient (Wildman–Crippen LogP) is 3.56. The Bertz CT molecular complexity index is 915.